The third-order valence-corrected chi connectivity index (χ3v) is 6.77. The van der Waals surface area contributed by atoms with Crippen LogP contribution in [0.25, 0.3) is 0 Å². The van der Waals surface area contributed by atoms with Crippen LogP contribution < -0.4 is 0 Å². The van der Waals surface area contributed by atoms with E-state index in [0.717, 1.165) is 16.6 Å². The molecule has 1 heterocycles. The van der Waals surface area contributed by atoms with Gasteiger partial charge in [0, 0.05) is 17.9 Å². The zero-order valence-electron chi connectivity index (χ0n) is 8.40. The van der Waals surface area contributed by atoms with E-state index in [1.807, 2.05) is 0 Å². The predicted octanol–water partition coefficient (Wildman–Crippen LogP) is 3.06. The number of thiophene rings is 1. The smallest absolute Gasteiger partial charge is 0.206 e. The first-order valence-corrected chi connectivity index (χ1v) is 9.06. The molecule has 0 bridgehead atoms. The minimum absolute atomic E-state index is 0.212. The molecule has 1 aliphatic carbocycles. The number of sulfonamides is 1. The van der Waals surface area contributed by atoms with E-state index in [4.69, 9.17) is 0 Å². The van der Waals surface area contributed by atoms with Crippen LogP contribution in [0.4, 0.5) is 0 Å². The Morgan fingerprint density at radius 3 is 2.56 bits per heavy atom. The summed E-state index contributed by atoms with van der Waals surface area (Å²) in [5.74, 6) is 0. The number of hydrogen-bond donors (Lipinski definition) is 0. The molecule has 0 aromatic carbocycles. The van der Waals surface area contributed by atoms with Crippen LogP contribution >= 0.6 is 43.2 Å². The van der Waals surface area contributed by atoms with Gasteiger partial charge >= 0.3 is 0 Å². The third-order valence-electron chi connectivity index (χ3n) is 2.37. The van der Waals surface area contributed by atoms with E-state index in [-0.39, 0.29) is 6.04 Å². The van der Waals surface area contributed by atoms with E-state index in [1.54, 1.807) is 16.4 Å². The molecule has 0 amide bonds. The van der Waals surface area contributed by atoms with Gasteiger partial charge in [-0.1, -0.05) is 15.9 Å². The molecule has 0 saturated heterocycles. The lowest BCUT2D eigenvalue weighted by Crippen LogP contribution is -2.34. The van der Waals surface area contributed by atoms with Crippen molar-refractivity contribution >= 4 is 53.2 Å². The van der Waals surface area contributed by atoms with Crippen LogP contribution in [0, 0.1) is 0 Å². The van der Waals surface area contributed by atoms with E-state index in [2.05, 4.69) is 31.9 Å². The molecule has 1 fully saturated rings. The van der Waals surface area contributed by atoms with Crippen molar-refractivity contribution in [3.8, 4) is 0 Å². The Labute approximate surface area is 116 Å². The molecule has 1 aromatic heterocycles. The zero-order chi connectivity index (χ0) is 11.8. The van der Waals surface area contributed by atoms with Gasteiger partial charge in [-0.05, 0) is 40.9 Å². The van der Waals surface area contributed by atoms with Crippen molar-refractivity contribution in [2.24, 2.45) is 0 Å². The monoisotopic (exact) mass is 387 g/mol. The van der Waals surface area contributed by atoms with Crippen molar-refractivity contribution < 1.29 is 8.42 Å². The predicted molar refractivity (Wildman–Crippen MR) is 72.7 cm³/mol. The first kappa shape index (κ1) is 13.0. The standard InChI is InChI=1S/C9H11Br2NO2S2/c10-5-6-12(7-1-2-7)16(13,14)9-4-3-8(11)15-9/h3-4,7H,1-2,5-6H2. The highest BCUT2D eigenvalue weighted by Gasteiger charge is 2.38. The van der Waals surface area contributed by atoms with Crippen LogP contribution in [-0.2, 0) is 10.0 Å². The molecule has 0 spiro atoms. The number of hydrogen-bond acceptors (Lipinski definition) is 3. The molecule has 0 unspecified atom stereocenters. The minimum atomic E-state index is -3.29. The maximum Gasteiger partial charge on any atom is 0.252 e. The van der Waals surface area contributed by atoms with Gasteiger partial charge in [-0.15, -0.1) is 11.3 Å². The Bertz CT molecular complexity index is 468. The van der Waals surface area contributed by atoms with Crippen molar-refractivity contribution in [3.63, 3.8) is 0 Å². The molecule has 0 aliphatic heterocycles. The van der Waals surface area contributed by atoms with Gasteiger partial charge in [0.05, 0.1) is 3.79 Å². The SMILES string of the molecule is O=S(=O)(c1ccc(Br)s1)N(CCBr)C1CC1. The first-order valence-electron chi connectivity index (χ1n) is 4.89. The van der Waals surface area contributed by atoms with E-state index < -0.39 is 10.0 Å². The summed E-state index contributed by atoms with van der Waals surface area (Å²) in [7, 11) is -3.29. The first-order chi connectivity index (χ1) is 7.55. The molecule has 0 radical (unpaired) electrons. The average Bonchev–Trinajstić information content (AvgIpc) is 2.96. The highest BCUT2D eigenvalue weighted by molar-refractivity contribution is 9.11. The highest BCUT2D eigenvalue weighted by atomic mass is 79.9. The van der Waals surface area contributed by atoms with Gasteiger partial charge in [-0.25, -0.2) is 8.42 Å². The Morgan fingerprint density at radius 2 is 2.12 bits per heavy atom. The summed E-state index contributed by atoms with van der Waals surface area (Å²) in [5.41, 5.74) is 0. The lowest BCUT2D eigenvalue weighted by Gasteiger charge is -2.19. The Morgan fingerprint density at radius 1 is 1.44 bits per heavy atom. The van der Waals surface area contributed by atoms with Crippen LogP contribution in [0.3, 0.4) is 0 Å². The fourth-order valence-corrected chi connectivity index (χ4v) is 5.94. The summed E-state index contributed by atoms with van der Waals surface area (Å²) in [4.78, 5) is 0. The van der Waals surface area contributed by atoms with Gasteiger partial charge in [-0.2, -0.15) is 4.31 Å². The zero-order valence-corrected chi connectivity index (χ0v) is 13.2. The molecule has 2 rings (SSSR count). The summed E-state index contributed by atoms with van der Waals surface area (Å²) in [6, 6.07) is 3.65. The Kier molecular flexibility index (Phi) is 4.11. The molecule has 16 heavy (non-hydrogen) atoms. The molecule has 0 atom stereocenters. The second-order valence-corrected chi connectivity index (χ2v) is 8.97. The maximum atomic E-state index is 12.3. The van der Waals surface area contributed by atoms with E-state index in [0.29, 0.717) is 16.1 Å². The maximum absolute atomic E-state index is 12.3. The lowest BCUT2D eigenvalue weighted by atomic mass is 10.6. The Balaban J connectivity index is 2.28. The highest BCUT2D eigenvalue weighted by Crippen LogP contribution is 2.35. The lowest BCUT2D eigenvalue weighted by molar-refractivity contribution is 0.425. The fourth-order valence-electron chi connectivity index (χ4n) is 1.50. The van der Waals surface area contributed by atoms with Crippen molar-refractivity contribution in [1.82, 2.24) is 4.31 Å². The number of nitrogens with zero attached hydrogens (tertiary/aromatic N) is 1. The molecule has 0 N–H and O–H groups in total. The Hall–Kier alpha value is 0.570. The van der Waals surface area contributed by atoms with E-state index in [1.165, 1.54) is 11.3 Å². The molecule has 1 saturated carbocycles. The fraction of sp³-hybridized carbons (Fsp3) is 0.556. The number of rotatable bonds is 5. The van der Waals surface area contributed by atoms with Gasteiger partial charge in [0.1, 0.15) is 4.21 Å². The average molecular weight is 389 g/mol. The summed E-state index contributed by atoms with van der Waals surface area (Å²) in [6.07, 6.45) is 1.97. The second-order valence-electron chi connectivity index (χ2n) is 3.59. The van der Waals surface area contributed by atoms with Crippen molar-refractivity contribution in [2.45, 2.75) is 23.1 Å². The van der Waals surface area contributed by atoms with Gasteiger partial charge in [0.15, 0.2) is 0 Å². The summed E-state index contributed by atoms with van der Waals surface area (Å²) in [6.45, 7) is 0.544. The van der Waals surface area contributed by atoms with Crippen molar-refractivity contribution in [3.05, 3.63) is 15.9 Å². The quantitative estimate of drug-likeness (QED) is 0.727. The van der Waals surface area contributed by atoms with Gasteiger partial charge in [0.25, 0.3) is 10.0 Å². The largest absolute Gasteiger partial charge is 0.252 e. The molecular formula is C9H11Br2NO2S2. The second kappa shape index (κ2) is 5.06. The molecular weight excluding hydrogens is 378 g/mol. The molecule has 90 valence electrons. The number of halogens is 2. The van der Waals surface area contributed by atoms with E-state index in [9.17, 15) is 8.42 Å². The van der Waals surface area contributed by atoms with Gasteiger partial charge in [0.2, 0.25) is 0 Å². The van der Waals surface area contributed by atoms with Gasteiger partial charge < -0.3 is 0 Å². The van der Waals surface area contributed by atoms with Crippen molar-refractivity contribution in [2.75, 3.05) is 11.9 Å². The van der Waals surface area contributed by atoms with Crippen LogP contribution in [0.5, 0.6) is 0 Å². The van der Waals surface area contributed by atoms with Crippen LogP contribution in [0.1, 0.15) is 12.8 Å². The van der Waals surface area contributed by atoms with Crippen molar-refractivity contribution in [1.29, 1.82) is 0 Å². The van der Waals surface area contributed by atoms with Crippen LogP contribution in [-0.4, -0.2) is 30.6 Å². The summed E-state index contributed by atoms with van der Waals surface area (Å²) < 4.78 is 27.5. The molecule has 3 nitrogen and oxygen atoms in total. The van der Waals surface area contributed by atoms with E-state index >= 15 is 0 Å². The van der Waals surface area contributed by atoms with Gasteiger partial charge in [-0.3, -0.25) is 0 Å². The third kappa shape index (κ3) is 2.69. The summed E-state index contributed by atoms with van der Waals surface area (Å²) in [5, 5.41) is 0.676. The normalized spacial score (nSPS) is 16.9. The minimum Gasteiger partial charge on any atom is -0.206 e. The molecule has 1 aliphatic rings. The van der Waals surface area contributed by atoms with Crippen LogP contribution in [0.15, 0.2) is 20.1 Å². The molecule has 7 heteroatoms. The molecule has 1 aromatic rings. The topological polar surface area (TPSA) is 37.4 Å². The number of alkyl halides is 1. The summed E-state index contributed by atoms with van der Waals surface area (Å²) >= 11 is 7.86. The van der Waals surface area contributed by atoms with Crippen LogP contribution in [0.2, 0.25) is 0 Å².